The lowest BCUT2D eigenvalue weighted by Gasteiger charge is -2.02. The lowest BCUT2D eigenvalue weighted by Crippen LogP contribution is -2.25. The molecule has 0 aromatic carbocycles. The maximum Gasteiger partial charge on any atom is 0.253 e. The minimum absolute atomic E-state index is 0.0432. The van der Waals surface area contributed by atoms with Crippen LogP contribution in [0, 0.1) is 0 Å². The summed E-state index contributed by atoms with van der Waals surface area (Å²) in [6, 6.07) is 1.72. The van der Waals surface area contributed by atoms with Gasteiger partial charge in [-0.15, -0.1) is 0 Å². The van der Waals surface area contributed by atoms with Crippen LogP contribution in [-0.2, 0) is 13.5 Å². The molecule has 0 saturated carbocycles. The van der Waals surface area contributed by atoms with Crippen LogP contribution >= 0.6 is 0 Å². The Labute approximate surface area is 67.3 Å². The molecule has 0 atom stereocenters. The molecule has 3 heteroatoms. The second-order valence-corrected chi connectivity index (χ2v) is 2.57. The highest BCUT2D eigenvalue weighted by Crippen LogP contribution is 1.87. The van der Waals surface area contributed by atoms with Crippen molar-refractivity contribution in [1.29, 1.82) is 0 Å². The highest BCUT2D eigenvalue weighted by atomic mass is 16.1. The van der Waals surface area contributed by atoms with Crippen molar-refractivity contribution in [1.82, 2.24) is 4.57 Å². The molecule has 1 aromatic rings. The van der Waals surface area contributed by atoms with Gasteiger partial charge in [-0.25, -0.2) is 0 Å². The molecule has 0 aliphatic carbocycles. The third-order valence-corrected chi connectivity index (χ3v) is 1.66. The average molecular weight is 147 g/mol. The molecule has 1 aromatic heterocycles. The van der Waals surface area contributed by atoms with Gasteiger partial charge in [0.25, 0.3) is 5.56 Å². The summed E-state index contributed by atoms with van der Waals surface area (Å²) in [6.45, 7) is 1.94. The first-order valence-electron chi connectivity index (χ1n) is 3.60. The molecule has 1 heterocycles. The zero-order valence-electron chi connectivity index (χ0n) is 6.79. The van der Waals surface area contributed by atoms with Crippen molar-refractivity contribution in [2.75, 3.05) is 0 Å². The van der Waals surface area contributed by atoms with Gasteiger partial charge in [0, 0.05) is 12.6 Å². The minimum Gasteiger partial charge on any atom is -0.319 e. The van der Waals surface area contributed by atoms with Crippen molar-refractivity contribution < 1.29 is 0 Å². The Balaban J connectivity index is 3.37. The van der Waals surface area contributed by atoms with E-state index in [1.54, 1.807) is 19.3 Å². The Kier molecular flexibility index (Phi) is 2.18. The van der Waals surface area contributed by atoms with Crippen LogP contribution in [0.2, 0.25) is 0 Å². The molecule has 0 saturated heterocycles. The summed E-state index contributed by atoms with van der Waals surface area (Å²) in [5, 5.41) is 0. The number of aryl methyl sites for hydroxylation is 2. The van der Waals surface area contributed by atoms with Crippen molar-refractivity contribution in [2.24, 2.45) is 7.05 Å². The van der Waals surface area contributed by atoms with Crippen LogP contribution in [0.25, 0.3) is 0 Å². The molecule has 56 valence electrons. The van der Waals surface area contributed by atoms with E-state index in [-0.39, 0.29) is 5.56 Å². The summed E-state index contributed by atoms with van der Waals surface area (Å²) >= 11 is 0. The van der Waals surface area contributed by atoms with Gasteiger partial charge in [0.2, 0.25) is 0 Å². The van der Waals surface area contributed by atoms with Crippen molar-refractivity contribution in [3.05, 3.63) is 28.2 Å². The molecular weight excluding hydrogens is 137 g/mol. The van der Waals surface area contributed by atoms with Crippen LogP contribution in [0.1, 0.15) is 12.5 Å². The number of rotatable bonds is 1. The lowest BCUT2D eigenvalue weighted by molar-refractivity contribution is 0.841. The van der Waals surface area contributed by atoms with E-state index < -0.39 is 0 Å². The normalized spacial score (nSPS) is 10.0. The zero-order valence-corrected chi connectivity index (χ0v) is 6.79. The van der Waals surface area contributed by atoms with Crippen LogP contribution in [-0.4, -0.2) is 12.4 Å². The molecule has 0 spiro atoms. The van der Waals surface area contributed by atoms with Crippen LogP contribution in [0.15, 0.2) is 17.1 Å². The summed E-state index contributed by atoms with van der Waals surface area (Å²) in [6.07, 6.45) is 2.36. The Morgan fingerprint density at radius 1 is 1.64 bits per heavy atom. The van der Waals surface area contributed by atoms with Gasteiger partial charge in [-0.3, -0.25) is 4.79 Å². The second-order valence-electron chi connectivity index (χ2n) is 2.57. The Morgan fingerprint density at radius 3 is 2.82 bits per heavy atom. The van der Waals surface area contributed by atoms with Gasteiger partial charge < -0.3 is 4.57 Å². The molecule has 1 rings (SSSR count). The van der Waals surface area contributed by atoms with E-state index >= 15 is 0 Å². The first-order valence-corrected chi connectivity index (χ1v) is 3.60. The topological polar surface area (TPSA) is 22.0 Å². The highest BCUT2D eigenvalue weighted by Gasteiger charge is 1.98. The number of hydrogen-bond donors (Lipinski definition) is 0. The van der Waals surface area contributed by atoms with Gasteiger partial charge in [-0.05, 0) is 12.6 Å². The quantitative estimate of drug-likeness (QED) is 0.501. The largest absolute Gasteiger partial charge is 0.319 e. The van der Waals surface area contributed by atoms with E-state index in [9.17, 15) is 4.79 Å². The molecule has 0 N–H and O–H groups in total. The fourth-order valence-corrected chi connectivity index (χ4v) is 1.06. The molecule has 2 nitrogen and oxygen atoms in total. The average Bonchev–Trinajstić information content (AvgIpc) is 1.96. The highest BCUT2D eigenvalue weighted by molar-refractivity contribution is 6.32. The van der Waals surface area contributed by atoms with Gasteiger partial charge >= 0.3 is 0 Å². The zero-order chi connectivity index (χ0) is 8.43. The van der Waals surface area contributed by atoms with Crippen molar-refractivity contribution in [3.63, 3.8) is 0 Å². The van der Waals surface area contributed by atoms with Gasteiger partial charge in [0.15, 0.2) is 0 Å². The summed E-state index contributed by atoms with van der Waals surface area (Å²) in [7, 11) is 7.25. The lowest BCUT2D eigenvalue weighted by atomic mass is 9.96. The SMILES string of the molecule is [B]c1cc(CC)c(=O)n(C)c1. The molecule has 0 amide bonds. The van der Waals surface area contributed by atoms with Crippen LogP contribution < -0.4 is 11.0 Å². The summed E-state index contributed by atoms with van der Waals surface area (Å²) in [4.78, 5) is 11.3. The molecule has 0 unspecified atom stereocenters. The maximum absolute atomic E-state index is 11.3. The van der Waals surface area contributed by atoms with E-state index in [0.717, 1.165) is 12.0 Å². The predicted molar refractivity (Wildman–Crippen MR) is 46.4 cm³/mol. The summed E-state index contributed by atoms with van der Waals surface area (Å²) in [5.74, 6) is 0. The molecule has 0 fully saturated rings. The Hall–Kier alpha value is -0.985. The predicted octanol–water partition coefficient (Wildman–Crippen LogP) is -0.259. The summed E-state index contributed by atoms with van der Waals surface area (Å²) in [5.41, 5.74) is 1.46. The van der Waals surface area contributed by atoms with E-state index in [1.165, 1.54) is 4.57 Å². The fourth-order valence-electron chi connectivity index (χ4n) is 1.06. The minimum atomic E-state index is 0.0432. The molecule has 11 heavy (non-hydrogen) atoms. The van der Waals surface area contributed by atoms with Crippen molar-refractivity contribution >= 4 is 13.3 Å². The van der Waals surface area contributed by atoms with Gasteiger partial charge in [-0.1, -0.05) is 18.5 Å². The van der Waals surface area contributed by atoms with Crippen molar-refractivity contribution in [2.45, 2.75) is 13.3 Å². The van der Waals surface area contributed by atoms with E-state index in [4.69, 9.17) is 7.85 Å². The third kappa shape index (κ3) is 1.53. The monoisotopic (exact) mass is 147 g/mol. The van der Waals surface area contributed by atoms with Gasteiger partial charge in [0.1, 0.15) is 7.85 Å². The van der Waals surface area contributed by atoms with Crippen molar-refractivity contribution in [3.8, 4) is 0 Å². The number of hydrogen-bond acceptors (Lipinski definition) is 1. The first kappa shape index (κ1) is 8.11. The number of aromatic nitrogens is 1. The molecular formula is C8H10BNO. The molecule has 2 radical (unpaired) electrons. The van der Waals surface area contributed by atoms with E-state index in [0.29, 0.717) is 5.46 Å². The third-order valence-electron chi connectivity index (χ3n) is 1.66. The Morgan fingerprint density at radius 2 is 2.27 bits per heavy atom. The molecule has 0 bridgehead atoms. The fraction of sp³-hybridized carbons (Fsp3) is 0.375. The standard InChI is InChI=1S/C8H10BNO/c1-3-6-4-7(9)5-10(2)8(6)11/h4-5H,3H2,1-2H3. The summed E-state index contributed by atoms with van der Waals surface area (Å²) < 4.78 is 1.51. The number of pyridine rings is 1. The smallest absolute Gasteiger partial charge is 0.253 e. The van der Waals surface area contributed by atoms with Crippen LogP contribution in [0.5, 0.6) is 0 Å². The van der Waals surface area contributed by atoms with Gasteiger partial charge in [-0.2, -0.15) is 0 Å². The maximum atomic E-state index is 11.3. The number of nitrogens with zero attached hydrogens (tertiary/aromatic N) is 1. The van der Waals surface area contributed by atoms with Gasteiger partial charge in [0.05, 0.1) is 0 Å². The van der Waals surface area contributed by atoms with E-state index in [1.807, 2.05) is 6.92 Å². The van der Waals surface area contributed by atoms with Crippen LogP contribution in [0.4, 0.5) is 0 Å². The molecule has 0 aliphatic heterocycles. The van der Waals surface area contributed by atoms with Crippen LogP contribution in [0.3, 0.4) is 0 Å². The first-order chi connectivity index (χ1) is 5.15. The Bertz CT molecular complexity index is 316. The van der Waals surface area contributed by atoms with E-state index in [2.05, 4.69) is 0 Å². The second kappa shape index (κ2) is 2.95. The molecule has 0 aliphatic rings.